The summed E-state index contributed by atoms with van der Waals surface area (Å²) in [6, 6.07) is 10.3. The van der Waals surface area contributed by atoms with E-state index in [0.717, 1.165) is 0 Å². The molecule has 3 nitrogen and oxygen atoms in total. The van der Waals surface area contributed by atoms with E-state index in [1.807, 2.05) is 18.2 Å². The molecule has 1 aromatic carbocycles. The Kier molecular flexibility index (Phi) is 5.59. The summed E-state index contributed by atoms with van der Waals surface area (Å²) >= 11 is 0. The molecule has 0 aliphatic rings. The van der Waals surface area contributed by atoms with Gasteiger partial charge in [-0.25, -0.2) is 0 Å². The van der Waals surface area contributed by atoms with Crippen LogP contribution in [0, 0.1) is 17.8 Å². The van der Waals surface area contributed by atoms with E-state index in [1.54, 1.807) is 0 Å². The summed E-state index contributed by atoms with van der Waals surface area (Å²) in [4.78, 5) is 11.6. The lowest BCUT2D eigenvalue weighted by molar-refractivity contribution is -0.120. The van der Waals surface area contributed by atoms with Crippen molar-refractivity contribution in [1.82, 2.24) is 10.6 Å². The van der Waals surface area contributed by atoms with Gasteiger partial charge in [-0.15, -0.1) is 6.42 Å². The van der Waals surface area contributed by atoms with Gasteiger partial charge < -0.3 is 10.6 Å². The molecule has 0 saturated carbocycles. The highest BCUT2D eigenvalue weighted by atomic mass is 16.1. The van der Waals surface area contributed by atoms with Crippen molar-refractivity contribution in [2.45, 2.75) is 26.8 Å². The fraction of sp³-hybridized carbons (Fsp3) is 0.438. The third-order valence-corrected chi connectivity index (χ3v) is 2.85. The highest BCUT2D eigenvalue weighted by Gasteiger charge is 2.26. The van der Waals surface area contributed by atoms with Crippen LogP contribution in [0.25, 0.3) is 0 Å². The Morgan fingerprint density at radius 2 is 1.95 bits per heavy atom. The Bertz CT molecular complexity index is 440. The third kappa shape index (κ3) is 5.15. The smallest absolute Gasteiger partial charge is 0.234 e. The molecule has 3 heteroatoms. The maximum atomic E-state index is 11.6. The summed E-state index contributed by atoms with van der Waals surface area (Å²) in [5.41, 5.74) is 1.20. The van der Waals surface area contributed by atoms with E-state index < -0.39 is 0 Å². The van der Waals surface area contributed by atoms with Crippen molar-refractivity contribution in [1.29, 1.82) is 0 Å². The molecule has 1 aromatic rings. The topological polar surface area (TPSA) is 41.1 Å². The van der Waals surface area contributed by atoms with Crippen LogP contribution in [0.1, 0.15) is 32.4 Å². The number of benzene rings is 1. The number of rotatable bonds is 5. The van der Waals surface area contributed by atoms with Crippen LogP contribution in [-0.4, -0.2) is 19.0 Å². The molecule has 2 N–H and O–H groups in total. The average molecular weight is 258 g/mol. The summed E-state index contributed by atoms with van der Waals surface area (Å²) in [5, 5.41) is 5.96. The molecule has 1 rings (SSSR count). The molecule has 0 aromatic heterocycles. The lowest BCUT2D eigenvalue weighted by Gasteiger charge is -2.32. The van der Waals surface area contributed by atoms with Crippen LogP contribution in [0.5, 0.6) is 0 Å². The van der Waals surface area contributed by atoms with Gasteiger partial charge in [-0.3, -0.25) is 4.79 Å². The highest BCUT2D eigenvalue weighted by Crippen LogP contribution is 2.32. The number of nitrogens with one attached hydrogen (secondary N) is 2. The SMILES string of the molecule is C#CCNC(=O)CNC(c1ccccc1)C(C)(C)C. The minimum atomic E-state index is -0.0804. The van der Waals surface area contributed by atoms with Gasteiger partial charge in [0.15, 0.2) is 0 Å². The number of amides is 1. The van der Waals surface area contributed by atoms with E-state index in [4.69, 9.17) is 6.42 Å². The highest BCUT2D eigenvalue weighted by molar-refractivity contribution is 5.78. The number of carbonyl (C=O) groups is 1. The minimum Gasteiger partial charge on any atom is -0.344 e. The van der Waals surface area contributed by atoms with Crippen LogP contribution in [0.2, 0.25) is 0 Å². The van der Waals surface area contributed by atoms with Gasteiger partial charge in [-0.2, -0.15) is 0 Å². The van der Waals surface area contributed by atoms with Gasteiger partial charge in [0.25, 0.3) is 0 Å². The average Bonchev–Trinajstić information content (AvgIpc) is 2.36. The van der Waals surface area contributed by atoms with Crippen LogP contribution in [-0.2, 0) is 4.79 Å². The van der Waals surface area contributed by atoms with Crippen LogP contribution in [0.4, 0.5) is 0 Å². The van der Waals surface area contributed by atoms with Crippen LogP contribution in [0.15, 0.2) is 30.3 Å². The lowest BCUT2D eigenvalue weighted by atomic mass is 9.82. The quantitative estimate of drug-likeness (QED) is 0.794. The van der Waals surface area contributed by atoms with Crippen LogP contribution in [0.3, 0.4) is 0 Å². The zero-order chi connectivity index (χ0) is 14.3. The molecule has 1 amide bonds. The van der Waals surface area contributed by atoms with E-state index in [1.165, 1.54) is 5.56 Å². The zero-order valence-corrected chi connectivity index (χ0v) is 11.9. The molecule has 1 atom stereocenters. The van der Waals surface area contributed by atoms with Crippen molar-refractivity contribution in [3.05, 3.63) is 35.9 Å². The molecule has 0 radical (unpaired) electrons. The molecule has 1 unspecified atom stereocenters. The van der Waals surface area contributed by atoms with E-state index >= 15 is 0 Å². The second kappa shape index (κ2) is 6.96. The predicted molar refractivity (Wildman–Crippen MR) is 78.5 cm³/mol. The summed E-state index contributed by atoms with van der Waals surface area (Å²) < 4.78 is 0. The molecular formula is C16H22N2O. The van der Waals surface area contributed by atoms with Crippen LogP contribution >= 0.6 is 0 Å². The largest absolute Gasteiger partial charge is 0.344 e. The van der Waals surface area contributed by atoms with Crippen molar-refractivity contribution >= 4 is 5.91 Å². The van der Waals surface area contributed by atoms with Gasteiger partial charge in [-0.1, -0.05) is 57.0 Å². The van der Waals surface area contributed by atoms with Gasteiger partial charge >= 0.3 is 0 Å². The Hall–Kier alpha value is -1.79. The van der Waals surface area contributed by atoms with E-state index in [9.17, 15) is 4.79 Å². The maximum absolute atomic E-state index is 11.6. The van der Waals surface area contributed by atoms with E-state index in [0.29, 0.717) is 0 Å². The monoisotopic (exact) mass is 258 g/mol. The van der Waals surface area contributed by atoms with Gasteiger partial charge in [0.05, 0.1) is 13.1 Å². The van der Waals surface area contributed by atoms with Crippen molar-refractivity contribution in [3.63, 3.8) is 0 Å². The standard InChI is InChI=1S/C16H22N2O/c1-5-11-17-14(19)12-18-15(16(2,3)4)13-9-7-6-8-10-13/h1,6-10,15,18H,11-12H2,2-4H3,(H,17,19). The molecule has 0 saturated heterocycles. The van der Waals surface area contributed by atoms with Crippen molar-refractivity contribution < 1.29 is 4.79 Å². The Morgan fingerprint density at radius 3 is 2.47 bits per heavy atom. The Morgan fingerprint density at radius 1 is 1.32 bits per heavy atom. The zero-order valence-electron chi connectivity index (χ0n) is 11.9. The van der Waals surface area contributed by atoms with Gasteiger partial charge in [0, 0.05) is 6.04 Å². The molecular weight excluding hydrogens is 236 g/mol. The van der Waals surface area contributed by atoms with Gasteiger partial charge in [0.2, 0.25) is 5.91 Å². The molecule has 0 aliphatic heterocycles. The number of terminal acetylenes is 1. The summed E-state index contributed by atoms with van der Waals surface area (Å²) in [5.74, 6) is 2.31. The first-order chi connectivity index (χ1) is 8.95. The lowest BCUT2D eigenvalue weighted by Crippen LogP contribution is -2.40. The molecule has 0 heterocycles. The molecule has 0 aliphatic carbocycles. The van der Waals surface area contributed by atoms with Crippen molar-refractivity contribution in [3.8, 4) is 12.3 Å². The third-order valence-electron chi connectivity index (χ3n) is 2.85. The molecule has 0 spiro atoms. The van der Waals surface area contributed by atoms with E-state index in [-0.39, 0.29) is 30.5 Å². The number of hydrogen-bond acceptors (Lipinski definition) is 2. The number of hydrogen-bond donors (Lipinski definition) is 2. The minimum absolute atomic E-state index is 0.0216. The number of carbonyl (C=O) groups excluding carboxylic acids is 1. The van der Waals surface area contributed by atoms with Crippen LogP contribution < -0.4 is 10.6 Å². The van der Waals surface area contributed by atoms with Crippen molar-refractivity contribution in [2.24, 2.45) is 5.41 Å². The second-order valence-corrected chi connectivity index (χ2v) is 5.57. The summed E-state index contributed by atoms with van der Waals surface area (Å²) in [7, 11) is 0. The Balaban J connectivity index is 2.68. The Labute approximate surface area is 115 Å². The first-order valence-corrected chi connectivity index (χ1v) is 6.43. The summed E-state index contributed by atoms with van der Waals surface area (Å²) in [6.45, 7) is 6.98. The molecule has 0 fully saturated rings. The summed E-state index contributed by atoms with van der Waals surface area (Å²) in [6.07, 6.45) is 5.11. The second-order valence-electron chi connectivity index (χ2n) is 5.57. The van der Waals surface area contributed by atoms with Gasteiger partial charge in [-0.05, 0) is 11.0 Å². The molecule has 0 bridgehead atoms. The fourth-order valence-corrected chi connectivity index (χ4v) is 1.98. The normalized spacial score (nSPS) is 12.5. The first kappa shape index (κ1) is 15.3. The fourth-order valence-electron chi connectivity index (χ4n) is 1.98. The van der Waals surface area contributed by atoms with Gasteiger partial charge in [0.1, 0.15) is 0 Å². The molecule has 19 heavy (non-hydrogen) atoms. The van der Waals surface area contributed by atoms with E-state index in [2.05, 4.69) is 49.5 Å². The molecule has 102 valence electrons. The predicted octanol–water partition coefficient (Wildman–Crippen LogP) is 2.11. The first-order valence-electron chi connectivity index (χ1n) is 6.43. The maximum Gasteiger partial charge on any atom is 0.234 e. The van der Waals surface area contributed by atoms with Crippen molar-refractivity contribution in [2.75, 3.05) is 13.1 Å².